The summed E-state index contributed by atoms with van der Waals surface area (Å²) in [6, 6.07) is 0. The lowest BCUT2D eigenvalue weighted by Gasteiger charge is -1.79. The molecule has 0 aromatic rings. The summed E-state index contributed by atoms with van der Waals surface area (Å²) in [4.78, 5) is 0. The Bertz CT molecular complexity index is 42.9. The van der Waals surface area contributed by atoms with E-state index >= 15 is 0 Å². The average Bonchev–Trinajstić information content (AvgIpc) is 1.38. The normalized spacial score (nSPS) is 6.80. The summed E-state index contributed by atoms with van der Waals surface area (Å²) in [5, 5.41) is 6.26. The molecule has 0 amide bonds. The minimum absolute atomic E-state index is 0.162. The maximum absolute atomic E-state index is 10.6. The second-order valence-corrected chi connectivity index (χ2v) is 0.719. The van der Waals surface area contributed by atoms with Crippen LogP contribution in [-0.2, 0) is 0 Å². The molecule has 0 saturated heterocycles. The molecule has 0 saturated carbocycles. The van der Waals surface area contributed by atoms with Gasteiger partial charge in [-0.3, -0.25) is 5.41 Å². The molecule has 0 spiro atoms. The minimum atomic E-state index is -0.162. The Morgan fingerprint density at radius 3 is 2.20 bits per heavy atom. The van der Waals surface area contributed by atoms with Crippen LogP contribution in [0.1, 0.15) is 6.92 Å². The van der Waals surface area contributed by atoms with Crippen molar-refractivity contribution in [2.24, 2.45) is 0 Å². The van der Waals surface area contributed by atoms with Crippen LogP contribution < -0.4 is 5.54 Å². The highest BCUT2D eigenvalue weighted by molar-refractivity contribution is 5.74. The fourth-order valence-electron chi connectivity index (χ4n) is 0. The Morgan fingerprint density at radius 1 is 2.00 bits per heavy atom. The van der Waals surface area contributed by atoms with Gasteiger partial charge in [0.15, 0.2) is 0 Å². The molecule has 5 heavy (non-hydrogen) atoms. The summed E-state index contributed by atoms with van der Waals surface area (Å²) in [5.74, 6) is -0.162. The highest BCUT2D eigenvalue weighted by Gasteiger charge is 1.70. The molecule has 0 atom stereocenters. The van der Waals surface area contributed by atoms with Crippen molar-refractivity contribution in [3.8, 4) is 0 Å². The van der Waals surface area contributed by atoms with Crippen molar-refractivity contribution in [2.75, 3.05) is 0 Å². The van der Waals surface area contributed by atoms with E-state index in [2.05, 4.69) is 0 Å². The fourth-order valence-corrected chi connectivity index (χ4v) is 0. The van der Waals surface area contributed by atoms with Gasteiger partial charge in [-0.1, -0.05) is 0 Å². The van der Waals surface area contributed by atoms with Gasteiger partial charge in [0.2, 0.25) is 0 Å². The molecule has 0 aliphatic carbocycles. The van der Waals surface area contributed by atoms with Gasteiger partial charge in [0.1, 0.15) is 5.84 Å². The van der Waals surface area contributed by atoms with Gasteiger partial charge in [-0.15, -0.1) is 4.48 Å². The molecule has 3 heteroatoms. The van der Waals surface area contributed by atoms with Gasteiger partial charge in [0, 0.05) is 0 Å². The van der Waals surface area contributed by atoms with Gasteiger partial charge < -0.3 is 0 Å². The number of nitrogens with one attached hydrogen (secondary N) is 2. The van der Waals surface area contributed by atoms with Crippen LogP contribution in [0.2, 0.25) is 0 Å². The van der Waals surface area contributed by atoms with Gasteiger partial charge in [0.05, 0.1) is 0 Å². The number of amidine groups is 1. The van der Waals surface area contributed by atoms with E-state index in [0.29, 0.717) is 0 Å². The summed E-state index contributed by atoms with van der Waals surface area (Å²) >= 11 is 0. The summed E-state index contributed by atoms with van der Waals surface area (Å²) in [6.45, 7) is 1.32. The van der Waals surface area contributed by atoms with Gasteiger partial charge >= 0.3 is 0 Å². The standard InChI is InChI=1S/C2H5FN2/c1-2(4)5-3/h1H3,(H2,4,5). The summed E-state index contributed by atoms with van der Waals surface area (Å²) in [5.41, 5.74) is 1.11. The summed E-state index contributed by atoms with van der Waals surface area (Å²) in [6.07, 6.45) is 0. The molecule has 2 N–H and O–H groups in total. The molecule has 30 valence electrons. The zero-order valence-electron chi connectivity index (χ0n) is 2.88. The molecule has 0 unspecified atom stereocenters. The Morgan fingerprint density at radius 2 is 2.20 bits per heavy atom. The van der Waals surface area contributed by atoms with E-state index in [0.717, 1.165) is 5.54 Å². The van der Waals surface area contributed by atoms with Crippen molar-refractivity contribution in [1.29, 1.82) is 5.41 Å². The SMILES string of the molecule is CC(=N)NF. The van der Waals surface area contributed by atoms with Crippen LogP contribution in [0.15, 0.2) is 0 Å². The third-order valence-corrected chi connectivity index (χ3v) is 0.142. The van der Waals surface area contributed by atoms with Crippen molar-refractivity contribution in [1.82, 2.24) is 5.54 Å². The van der Waals surface area contributed by atoms with Crippen LogP contribution in [0.3, 0.4) is 0 Å². The van der Waals surface area contributed by atoms with Crippen molar-refractivity contribution >= 4 is 5.84 Å². The first-order valence-corrected chi connectivity index (χ1v) is 1.19. The first-order valence-electron chi connectivity index (χ1n) is 1.19. The molecular weight excluding hydrogens is 71.0 g/mol. The number of hydrogen-bond acceptors (Lipinski definition) is 1. The highest BCUT2D eigenvalue weighted by Crippen LogP contribution is 1.53. The molecule has 0 bridgehead atoms. The smallest absolute Gasteiger partial charge is 0.119 e. The Balaban J connectivity index is 2.85. The Hall–Kier alpha value is -0.600. The molecule has 0 aliphatic rings. The van der Waals surface area contributed by atoms with E-state index in [-0.39, 0.29) is 5.84 Å². The third kappa shape index (κ3) is 3.40. The predicted octanol–water partition coefficient (Wildman–Crippen LogP) is 0.458. The van der Waals surface area contributed by atoms with Crippen LogP contribution in [0, 0.1) is 5.41 Å². The Kier molecular flexibility index (Phi) is 1.49. The lowest BCUT2D eigenvalue weighted by Crippen LogP contribution is -2.04. The molecule has 0 aromatic carbocycles. The van der Waals surface area contributed by atoms with Gasteiger partial charge in [-0.05, 0) is 6.92 Å². The molecule has 2 nitrogen and oxygen atoms in total. The maximum atomic E-state index is 10.6. The molecule has 0 rings (SSSR count). The Labute approximate surface area is 29.4 Å². The highest BCUT2D eigenvalue weighted by atomic mass is 19.2. The van der Waals surface area contributed by atoms with Crippen molar-refractivity contribution in [3.63, 3.8) is 0 Å². The summed E-state index contributed by atoms with van der Waals surface area (Å²) < 4.78 is 10.6. The molecule has 0 heterocycles. The van der Waals surface area contributed by atoms with Gasteiger partial charge in [-0.25, -0.2) is 5.54 Å². The van der Waals surface area contributed by atoms with E-state index in [9.17, 15) is 4.48 Å². The fraction of sp³-hybridized carbons (Fsp3) is 0.500. The number of halogens is 1. The van der Waals surface area contributed by atoms with Crippen molar-refractivity contribution < 1.29 is 4.48 Å². The molecule has 0 aromatic heterocycles. The first kappa shape index (κ1) is 4.40. The third-order valence-electron chi connectivity index (χ3n) is 0.142. The second kappa shape index (κ2) is 1.69. The first-order chi connectivity index (χ1) is 2.27. The second-order valence-electron chi connectivity index (χ2n) is 0.719. The van der Waals surface area contributed by atoms with E-state index in [1.807, 2.05) is 0 Å². The summed E-state index contributed by atoms with van der Waals surface area (Å²) in [7, 11) is 0. The van der Waals surface area contributed by atoms with Crippen LogP contribution in [-0.4, -0.2) is 5.84 Å². The zero-order valence-corrected chi connectivity index (χ0v) is 2.88. The number of hydrogen-bond donors (Lipinski definition) is 2. The molecular formula is C2H5FN2. The zero-order chi connectivity index (χ0) is 4.28. The topological polar surface area (TPSA) is 35.9 Å². The lowest BCUT2D eigenvalue weighted by atomic mass is 10.7. The molecule has 0 aliphatic heterocycles. The lowest BCUT2D eigenvalue weighted by molar-refractivity contribution is 0.430. The van der Waals surface area contributed by atoms with Gasteiger partial charge in [-0.2, -0.15) is 0 Å². The van der Waals surface area contributed by atoms with Crippen LogP contribution in [0.25, 0.3) is 0 Å². The number of rotatable bonds is 0. The van der Waals surface area contributed by atoms with E-state index in [4.69, 9.17) is 5.41 Å². The predicted molar refractivity (Wildman–Crippen MR) is 17.6 cm³/mol. The molecule has 0 fully saturated rings. The van der Waals surface area contributed by atoms with Crippen molar-refractivity contribution in [3.05, 3.63) is 0 Å². The monoisotopic (exact) mass is 76.0 g/mol. The van der Waals surface area contributed by atoms with Gasteiger partial charge in [0.25, 0.3) is 0 Å². The maximum Gasteiger partial charge on any atom is 0.119 e. The quantitative estimate of drug-likeness (QED) is 0.245. The van der Waals surface area contributed by atoms with Crippen LogP contribution >= 0.6 is 0 Å². The van der Waals surface area contributed by atoms with Crippen LogP contribution in [0.5, 0.6) is 0 Å². The molecule has 0 radical (unpaired) electrons. The van der Waals surface area contributed by atoms with Crippen molar-refractivity contribution in [2.45, 2.75) is 6.92 Å². The van der Waals surface area contributed by atoms with E-state index in [1.54, 1.807) is 0 Å². The van der Waals surface area contributed by atoms with Crippen LogP contribution in [0.4, 0.5) is 4.48 Å². The average molecular weight is 76.1 g/mol. The minimum Gasteiger partial charge on any atom is -0.287 e. The van der Waals surface area contributed by atoms with E-state index in [1.165, 1.54) is 6.92 Å². The van der Waals surface area contributed by atoms with E-state index < -0.39 is 0 Å². The largest absolute Gasteiger partial charge is 0.287 e.